The summed E-state index contributed by atoms with van der Waals surface area (Å²) in [5.41, 5.74) is 0.448. The van der Waals surface area contributed by atoms with E-state index in [-0.39, 0.29) is 16.5 Å². The van der Waals surface area contributed by atoms with Crippen molar-refractivity contribution in [3.63, 3.8) is 0 Å². The molecule has 1 aliphatic heterocycles. The molecule has 0 spiro atoms. The normalized spacial score (nSPS) is 18.6. The highest BCUT2D eigenvalue weighted by Gasteiger charge is 2.17. The van der Waals surface area contributed by atoms with Crippen molar-refractivity contribution in [3.8, 4) is 0 Å². The second-order valence-electron chi connectivity index (χ2n) is 4.96. The Morgan fingerprint density at radius 2 is 2.25 bits per heavy atom. The molecule has 6 heteroatoms. The van der Waals surface area contributed by atoms with Crippen LogP contribution in [0.1, 0.15) is 29.6 Å². The lowest BCUT2D eigenvalue weighted by molar-refractivity contribution is -0.117. The summed E-state index contributed by atoms with van der Waals surface area (Å²) in [6.45, 7) is 1.87. The van der Waals surface area contributed by atoms with Gasteiger partial charge >= 0.3 is 5.97 Å². The van der Waals surface area contributed by atoms with Gasteiger partial charge in [0.2, 0.25) is 5.91 Å². The predicted molar refractivity (Wildman–Crippen MR) is 77.3 cm³/mol. The van der Waals surface area contributed by atoms with E-state index < -0.39 is 5.97 Å². The van der Waals surface area contributed by atoms with Gasteiger partial charge in [0.15, 0.2) is 0 Å². The fraction of sp³-hybridized carbons (Fsp3) is 0.429. The Hall–Kier alpha value is -1.59. The third-order valence-corrected chi connectivity index (χ3v) is 3.68. The molecule has 1 heterocycles. The number of piperidine rings is 1. The van der Waals surface area contributed by atoms with Gasteiger partial charge in [-0.25, -0.2) is 4.79 Å². The number of halogens is 1. The van der Waals surface area contributed by atoms with E-state index >= 15 is 0 Å². The largest absolute Gasteiger partial charge is 0.478 e. The number of amides is 1. The molecule has 0 bridgehead atoms. The van der Waals surface area contributed by atoms with Gasteiger partial charge < -0.3 is 15.7 Å². The van der Waals surface area contributed by atoms with Crippen molar-refractivity contribution < 1.29 is 14.7 Å². The second kappa shape index (κ2) is 6.72. The number of nitrogens with one attached hydrogen (secondary N) is 2. The minimum atomic E-state index is -1.11. The summed E-state index contributed by atoms with van der Waals surface area (Å²) in [4.78, 5) is 22.9. The number of carboxylic acids is 1. The zero-order chi connectivity index (χ0) is 14.5. The van der Waals surface area contributed by atoms with E-state index in [0.29, 0.717) is 18.0 Å². The van der Waals surface area contributed by atoms with Crippen molar-refractivity contribution >= 4 is 29.2 Å². The van der Waals surface area contributed by atoms with Crippen LogP contribution in [0.2, 0.25) is 5.02 Å². The fourth-order valence-electron chi connectivity index (χ4n) is 2.34. The van der Waals surface area contributed by atoms with Crippen LogP contribution in [0.5, 0.6) is 0 Å². The van der Waals surface area contributed by atoms with Crippen LogP contribution in [-0.2, 0) is 4.79 Å². The second-order valence-corrected chi connectivity index (χ2v) is 5.37. The quantitative estimate of drug-likeness (QED) is 0.797. The van der Waals surface area contributed by atoms with Crippen molar-refractivity contribution in [3.05, 3.63) is 28.8 Å². The highest BCUT2D eigenvalue weighted by molar-refractivity contribution is 6.33. The Labute approximate surface area is 122 Å². The standard InChI is InChI=1S/C14H17ClN2O3/c15-12-4-3-10(7-11(12)14(19)20)17-13(18)6-9-2-1-5-16-8-9/h3-4,7,9,16H,1-2,5-6,8H2,(H,17,18)(H,19,20). The molecule has 0 aliphatic carbocycles. The van der Waals surface area contributed by atoms with Crippen molar-refractivity contribution in [1.29, 1.82) is 0 Å². The molecule has 1 atom stereocenters. The van der Waals surface area contributed by atoms with Gasteiger partial charge in [0.25, 0.3) is 0 Å². The lowest BCUT2D eigenvalue weighted by Crippen LogP contribution is -2.32. The molecule has 1 aromatic rings. The molecule has 0 aromatic heterocycles. The number of rotatable bonds is 4. The van der Waals surface area contributed by atoms with Gasteiger partial charge in [0.1, 0.15) is 0 Å². The third-order valence-electron chi connectivity index (χ3n) is 3.35. The van der Waals surface area contributed by atoms with Gasteiger partial charge in [-0.2, -0.15) is 0 Å². The van der Waals surface area contributed by atoms with Gasteiger partial charge in [0, 0.05) is 12.1 Å². The molecule has 1 aliphatic rings. The molecule has 1 aromatic carbocycles. The highest BCUT2D eigenvalue weighted by atomic mass is 35.5. The zero-order valence-electron chi connectivity index (χ0n) is 11.0. The Bertz CT molecular complexity index is 513. The van der Waals surface area contributed by atoms with Crippen LogP contribution in [-0.4, -0.2) is 30.1 Å². The number of hydrogen-bond acceptors (Lipinski definition) is 3. The monoisotopic (exact) mass is 296 g/mol. The first-order chi connectivity index (χ1) is 9.56. The smallest absolute Gasteiger partial charge is 0.337 e. The van der Waals surface area contributed by atoms with Gasteiger partial charge in [-0.1, -0.05) is 11.6 Å². The maximum Gasteiger partial charge on any atom is 0.337 e. The summed E-state index contributed by atoms with van der Waals surface area (Å²) in [5.74, 6) is -0.866. The molecular weight excluding hydrogens is 280 g/mol. The summed E-state index contributed by atoms with van der Waals surface area (Å²) >= 11 is 5.78. The highest BCUT2D eigenvalue weighted by Crippen LogP contribution is 2.21. The number of carbonyl (C=O) groups excluding carboxylic acids is 1. The van der Waals surface area contributed by atoms with Crippen LogP contribution in [0, 0.1) is 5.92 Å². The van der Waals surface area contributed by atoms with E-state index in [1.165, 1.54) is 12.1 Å². The van der Waals surface area contributed by atoms with E-state index in [1.807, 2.05) is 0 Å². The molecule has 5 nitrogen and oxygen atoms in total. The molecule has 3 N–H and O–H groups in total. The van der Waals surface area contributed by atoms with Crippen LogP contribution in [0.4, 0.5) is 5.69 Å². The third kappa shape index (κ3) is 3.95. The van der Waals surface area contributed by atoms with Crippen LogP contribution in [0.15, 0.2) is 18.2 Å². The summed E-state index contributed by atoms with van der Waals surface area (Å²) < 4.78 is 0. The lowest BCUT2D eigenvalue weighted by atomic mass is 9.96. The zero-order valence-corrected chi connectivity index (χ0v) is 11.7. The van der Waals surface area contributed by atoms with Crippen LogP contribution >= 0.6 is 11.6 Å². The Morgan fingerprint density at radius 3 is 2.90 bits per heavy atom. The number of anilines is 1. The summed E-state index contributed by atoms with van der Waals surface area (Å²) in [6.07, 6.45) is 2.57. The van der Waals surface area contributed by atoms with Crippen molar-refractivity contribution in [2.24, 2.45) is 5.92 Å². The van der Waals surface area contributed by atoms with E-state index in [1.54, 1.807) is 6.07 Å². The molecule has 108 valence electrons. The molecule has 2 rings (SSSR count). The number of carboxylic acid groups (broad SMARTS) is 1. The van der Waals surface area contributed by atoms with E-state index in [0.717, 1.165) is 25.9 Å². The maximum atomic E-state index is 11.9. The average molecular weight is 297 g/mol. The number of hydrogen-bond donors (Lipinski definition) is 3. The number of aromatic carboxylic acids is 1. The summed E-state index contributed by atoms with van der Waals surface area (Å²) in [7, 11) is 0. The van der Waals surface area contributed by atoms with Crippen molar-refractivity contribution in [1.82, 2.24) is 5.32 Å². The predicted octanol–water partition coefficient (Wildman–Crippen LogP) is 2.37. The number of carbonyl (C=O) groups is 2. The van der Waals surface area contributed by atoms with E-state index in [9.17, 15) is 9.59 Å². The molecule has 1 unspecified atom stereocenters. The van der Waals surface area contributed by atoms with Gasteiger partial charge in [-0.05, 0) is 50.0 Å². The maximum absolute atomic E-state index is 11.9. The topological polar surface area (TPSA) is 78.4 Å². The van der Waals surface area contributed by atoms with Gasteiger partial charge in [-0.15, -0.1) is 0 Å². The molecule has 1 saturated heterocycles. The van der Waals surface area contributed by atoms with Crippen molar-refractivity contribution in [2.75, 3.05) is 18.4 Å². The van der Waals surface area contributed by atoms with Crippen molar-refractivity contribution in [2.45, 2.75) is 19.3 Å². The SMILES string of the molecule is O=C(CC1CCCNC1)Nc1ccc(Cl)c(C(=O)O)c1. The molecule has 20 heavy (non-hydrogen) atoms. The van der Waals surface area contributed by atoms with Crippen LogP contribution < -0.4 is 10.6 Å². The molecule has 1 amide bonds. The first kappa shape index (κ1) is 14.8. The summed E-state index contributed by atoms with van der Waals surface area (Å²) in [6, 6.07) is 4.45. The van der Waals surface area contributed by atoms with Gasteiger partial charge in [0.05, 0.1) is 10.6 Å². The van der Waals surface area contributed by atoms with E-state index in [4.69, 9.17) is 16.7 Å². The first-order valence-corrected chi connectivity index (χ1v) is 6.97. The lowest BCUT2D eigenvalue weighted by Gasteiger charge is -2.22. The minimum absolute atomic E-state index is 0.0104. The molecule has 0 saturated carbocycles. The molecular formula is C14H17ClN2O3. The minimum Gasteiger partial charge on any atom is -0.478 e. The van der Waals surface area contributed by atoms with Gasteiger partial charge in [-0.3, -0.25) is 4.79 Å². The Morgan fingerprint density at radius 1 is 1.45 bits per heavy atom. The first-order valence-electron chi connectivity index (χ1n) is 6.59. The molecule has 0 radical (unpaired) electrons. The Balaban J connectivity index is 1.96. The fourth-order valence-corrected chi connectivity index (χ4v) is 2.54. The van der Waals surface area contributed by atoms with Crippen LogP contribution in [0.3, 0.4) is 0 Å². The Kier molecular flexibility index (Phi) is 4.98. The average Bonchev–Trinajstić information content (AvgIpc) is 2.41. The van der Waals surface area contributed by atoms with E-state index in [2.05, 4.69) is 10.6 Å². The summed E-state index contributed by atoms with van der Waals surface area (Å²) in [5, 5.41) is 15.1. The molecule has 1 fully saturated rings. The van der Waals surface area contributed by atoms with Crippen LogP contribution in [0.25, 0.3) is 0 Å². The number of benzene rings is 1.